The van der Waals surface area contributed by atoms with Crippen molar-refractivity contribution in [1.29, 1.82) is 0 Å². The van der Waals surface area contributed by atoms with Crippen LogP contribution in [0.25, 0.3) is 11.1 Å². The molecule has 1 unspecified atom stereocenters. The van der Waals surface area contributed by atoms with Gasteiger partial charge in [-0.25, -0.2) is 8.78 Å². The van der Waals surface area contributed by atoms with Gasteiger partial charge in [-0.2, -0.15) is 0 Å². The third-order valence-electron chi connectivity index (χ3n) is 5.80. The third kappa shape index (κ3) is 2.88. The van der Waals surface area contributed by atoms with E-state index in [4.69, 9.17) is 16.3 Å². The summed E-state index contributed by atoms with van der Waals surface area (Å²) in [5.74, 6) is -2.88. The molecule has 0 amide bonds. The number of carbonyl (C=O) groups is 2. The monoisotopic (exact) mass is 404 g/mol. The molecule has 0 N–H and O–H groups in total. The van der Waals surface area contributed by atoms with E-state index < -0.39 is 29.3 Å². The molecule has 3 nitrogen and oxygen atoms in total. The number of fused-ring (bicyclic) bond motifs is 2. The Morgan fingerprint density at radius 1 is 1.18 bits per heavy atom. The van der Waals surface area contributed by atoms with Crippen molar-refractivity contribution in [3.8, 4) is 11.1 Å². The van der Waals surface area contributed by atoms with Gasteiger partial charge in [0.1, 0.15) is 29.3 Å². The summed E-state index contributed by atoms with van der Waals surface area (Å²) in [5.41, 5.74) is 0.525. The average molecular weight is 405 g/mol. The van der Waals surface area contributed by atoms with Gasteiger partial charge in [-0.15, -0.1) is 0 Å². The highest BCUT2D eigenvalue weighted by Gasteiger charge is 2.55. The van der Waals surface area contributed by atoms with E-state index >= 15 is 0 Å². The Hall–Kier alpha value is -2.11. The number of hydrogen-bond acceptors (Lipinski definition) is 3. The Morgan fingerprint density at radius 3 is 2.50 bits per heavy atom. The lowest BCUT2D eigenvalue weighted by Gasteiger charge is -2.34. The van der Waals surface area contributed by atoms with E-state index in [1.165, 1.54) is 0 Å². The van der Waals surface area contributed by atoms with Gasteiger partial charge in [0.15, 0.2) is 11.6 Å². The maximum Gasteiger partial charge on any atom is 0.179 e. The van der Waals surface area contributed by atoms with Crippen LogP contribution in [-0.4, -0.2) is 23.3 Å². The number of ketones is 2. The number of carbonyl (C=O) groups excluding carboxylic acids is 2. The minimum absolute atomic E-state index is 0.0202. The van der Waals surface area contributed by atoms with Crippen molar-refractivity contribution in [3.05, 3.63) is 58.1 Å². The van der Waals surface area contributed by atoms with Crippen molar-refractivity contribution < 1.29 is 23.1 Å². The molecule has 0 aliphatic carbocycles. The lowest BCUT2D eigenvalue weighted by atomic mass is 9.78. The van der Waals surface area contributed by atoms with E-state index in [0.29, 0.717) is 36.0 Å². The van der Waals surface area contributed by atoms with E-state index in [1.807, 2.05) is 6.92 Å². The second-order valence-electron chi connectivity index (χ2n) is 7.59. The minimum Gasteiger partial charge on any atom is -0.356 e. The molecule has 2 saturated heterocycles. The molecule has 4 rings (SSSR count). The first kappa shape index (κ1) is 19.2. The maximum atomic E-state index is 14.3. The molecule has 2 aromatic carbocycles. The van der Waals surface area contributed by atoms with Crippen molar-refractivity contribution in [2.24, 2.45) is 0 Å². The fraction of sp³-hybridized carbons (Fsp3) is 0.364. The van der Waals surface area contributed by atoms with Crippen LogP contribution in [0.2, 0.25) is 5.02 Å². The van der Waals surface area contributed by atoms with Crippen LogP contribution in [0.1, 0.15) is 43.7 Å². The second-order valence-corrected chi connectivity index (χ2v) is 8.02. The summed E-state index contributed by atoms with van der Waals surface area (Å²) in [7, 11) is 0. The maximum absolute atomic E-state index is 14.3. The van der Waals surface area contributed by atoms with Crippen LogP contribution in [0.4, 0.5) is 8.78 Å². The normalized spacial score (nSPS) is 26.8. The Bertz CT molecular complexity index is 980. The van der Waals surface area contributed by atoms with Gasteiger partial charge in [0, 0.05) is 5.02 Å². The molecule has 0 spiro atoms. The van der Waals surface area contributed by atoms with E-state index in [0.717, 1.165) is 12.1 Å². The third-order valence-corrected chi connectivity index (χ3v) is 6.02. The lowest BCUT2D eigenvalue weighted by molar-refractivity contribution is -0.160. The summed E-state index contributed by atoms with van der Waals surface area (Å²) in [6.07, 6.45) is 1.01. The summed E-state index contributed by atoms with van der Waals surface area (Å²) < 4.78 is 34.3. The molecule has 2 aromatic rings. The Balaban J connectivity index is 1.81. The molecule has 2 fully saturated rings. The number of benzene rings is 2. The van der Waals surface area contributed by atoms with Crippen LogP contribution in [0.3, 0.4) is 0 Å². The number of rotatable bonds is 3. The summed E-state index contributed by atoms with van der Waals surface area (Å²) in [4.78, 5) is 25.8. The van der Waals surface area contributed by atoms with Crippen LogP contribution < -0.4 is 0 Å². The fourth-order valence-corrected chi connectivity index (χ4v) is 4.49. The van der Waals surface area contributed by atoms with Crippen LogP contribution in [0.15, 0.2) is 30.3 Å². The smallest absolute Gasteiger partial charge is 0.179 e. The number of ether oxygens (including phenoxy) is 1. The number of aryl methyl sites for hydroxylation is 1. The molecule has 6 heteroatoms. The van der Waals surface area contributed by atoms with E-state index in [9.17, 15) is 18.4 Å². The fourth-order valence-electron chi connectivity index (χ4n) is 4.30. The van der Waals surface area contributed by atoms with Gasteiger partial charge in [0.05, 0.1) is 5.56 Å². The standard InChI is InChI=1S/C22H19ClF2O3/c1-3-11-8-12(18-15(24)9-13(23)10-16(18)25)4-5-14(11)19-20(26)17-6-7-22(2,28-17)21(19)27/h4-5,8-10,17,19H,3,6-7H2,1-2H3/t17-,19?,22+/m0/s1. The molecule has 2 bridgehead atoms. The molecule has 3 atom stereocenters. The topological polar surface area (TPSA) is 43.4 Å². The highest BCUT2D eigenvalue weighted by atomic mass is 35.5. The van der Waals surface area contributed by atoms with Crippen molar-refractivity contribution in [1.82, 2.24) is 0 Å². The highest BCUT2D eigenvalue weighted by Crippen LogP contribution is 2.44. The minimum atomic E-state index is -0.943. The van der Waals surface area contributed by atoms with E-state index in [-0.39, 0.29) is 22.2 Å². The van der Waals surface area contributed by atoms with E-state index in [1.54, 1.807) is 25.1 Å². The molecule has 0 radical (unpaired) electrons. The predicted octanol–water partition coefficient (Wildman–Crippen LogP) is 5.02. The van der Waals surface area contributed by atoms with Gasteiger partial charge >= 0.3 is 0 Å². The first-order valence-electron chi connectivity index (χ1n) is 9.28. The largest absolute Gasteiger partial charge is 0.356 e. The zero-order chi connectivity index (χ0) is 20.2. The molecule has 2 aliphatic rings. The van der Waals surface area contributed by atoms with Crippen molar-refractivity contribution in [2.45, 2.75) is 50.7 Å². The van der Waals surface area contributed by atoms with Crippen molar-refractivity contribution in [3.63, 3.8) is 0 Å². The molecular formula is C22H19ClF2O3. The van der Waals surface area contributed by atoms with Gasteiger partial charge in [0.25, 0.3) is 0 Å². The Labute approximate surface area is 166 Å². The van der Waals surface area contributed by atoms with Crippen molar-refractivity contribution in [2.75, 3.05) is 0 Å². The Kier molecular flexibility index (Phi) is 4.63. The SMILES string of the molecule is CCc1cc(-c2c(F)cc(Cl)cc2F)ccc1C1C(=O)[C@@H]2CC[C@@](C)(O2)C1=O. The summed E-state index contributed by atoms with van der Waals surface area (Å²) >= 11 is 5.71. The first-order chi connectivity index (χ1) is 13.2. The molecule has 0 aromatic heterocycles. The van der Waals surface area contributed by atoms with Gasteiger partial charge in [0.2, 0.25) is 0 Å². The van der Waals surface area contributed by atoms with E-state index in [2.05, 4.69) is 0 Å². The first-order valence-corrected chi connectivity index (χ1v) is 9.66. The number of hydrogen-bond donors (Lipinski definition) is 0. The molecule has 2 heterocycles. The van der Waals surface area contributed by atoms with Gasteiger partial charge in [-0.05, 0) is 55.0 Å². The summed E-state index contributed by atoms with van der Waals surface area (Å²) in [5, 5.41) is -0.0202. The van der Waals surface area contributed by atoms with Gasteiger partial charge < -0.3 is 4.74 Å². The van der Waals surface area contributed by atoms with Crippen LogP contribution in [-0.2, 0) is 20.7 Å². The van der Waals surface area contributed by atoms with Crippen LogP contribution in [0.5, 0.6) is 0 Å². The molecule has 146 valence electrons. The summed E-state index contributed by atoms with van der Waals surface area (Å²) in [6.45, 7) is 3.61. The molecule has 2 aliphatic heterocycles. The zero-order valence-corrected chi connectivity index (χ0v) is 16.3. The Morgan fingerprint density at radius 2 is 1.86 bits per heavy atom. The average Bonchev–Trinajstić information content (AvgIpc) is 3.01. The molecule has 28 heavy (non-hydrogen) atoms. The lowest BCUT2D eigenvalue weighted by Crippen LogP contribution is -2.49. The quantitative estimate of drug-likeness (QED) is 0.674. The van der Waals surface area contributed by atoms with Gasteiger partial charge in [-0.3, -0.25) is 9.59 Å². The second kappa shape index (κ2) is 6.75. The number of halogens is 3. The van der Waals surface area contributed by atoms with Crippen molar-refractivity contribution >= 4 is 23.2 Å². The predicted molar refractivity (Wildman–Crippen MR) is 101 cm³/mol. The summed E-state index contributed by atoms with van der Waals surface area (Å²) in [6, 6.07) is 6.94. The highest BCUT2D eigenvalue weighted by molar-refractivity contribution is 6.30. The molecule has 0 saturated carbocycles. The van der Waals surface area contributed by atoms with Crippen LogP contribution in [0, 0.1) is 11.6 Å². The molecular weight excluding hydrogens is 386 g/mol. The zero-order valence-electron chi connectivity index (χ0n) is 15.5. The number of Topliss-reactive ketones (excluding diaryl/α,β-unsaturated/α-hetero) is 2. The van der Waals surface area contributed by atoms with Gasteiger partial charge in [-0.1, -0.05) is 36.7 Å². The van der Waals surface area contributed by atoms with Crippen LogP contribution >= 0.6 is 11.6 Å².